The normalized spacial score (nSPS) is 11.1. The number of pyridine rings is 4. The molecule has 0 atom stereocenters. The van der Waals surface area contributed by atoms with Crippen LogP contribution < -0.4 is 21.3 Å². The number of hydrogen-bond donors (Lipinski definition) is 4. The van der Waals surface area contributed by atoms with E-state index < -0.39 is 0 Å². The summed E-state index contributed by atoms with van der Waals surface area (Å²) in [5, 5.41) is 25.9. The lowest BCUT2D eigenvalue weighted by Crippen LogP contribution is -2.22. The van der Waals surface area contributed by atoms with E-state index in [9.17, 15) is 19.2 Å². The molecule has 12 aromatic rings. The lowest BCUT2D eigenvalue weighted by atomic mass is 10.1. The minimum Gasteiger partial charge on any atom is -0.354 e. The van der Waals surface area contributed by atoms with Crippen molar-refractivity contribution in [2.45, 2.75) is 69.2 Å². The van der Waals surface area contributed by atoms with Gasteiger partial charge in [0.15, 0.2) is 0 Å². The summed E-state index contributed by atoms with van der Waals surface area (Å²) >= 11 is 37.6. The Morgan fingerprint density at radius 2 is 0.605 bits per heavy atom. The first-order chi connectivity index (χ1) is 41.2. The van der Waals surface area contributed by atoms with Gasteiger partial charge in [0.2, 0.25) is 0 Å². The SMILES string of the molecule is CCNC(=O)c1sc2nc(C)c(Cl)c(C)c2c1-c1cccs1.CCNC(=O)c1sc2nc(C)c(Cl)c(C)c2c1-c1cccs1.CNC(=O)c1sc2nc(C)c(Cl)c(C)c2c1-c1cccs1.CNC(=O)c1sc2nc(C)c(Cl)c(C)c2c1-c1cccs1. The quantitative estimate of drug-likeness (QED) is 0.105. The van der Waals surface area contributed by atoms with Crippen LogP contribution in [0.15, 0.2) is 70.1 Å². The van der Waals surface area contributed by atoms with Crippen LogP contribution in [0.5, 0.6) is 0 Å². The van der Waals surface area contributed by atoms with E-state index in [-0.39, 0.29) is 23.6 Å². The third-order valence-electron chi connectivity index (χ3n) is 13.7. The molecule has 0 aromatic carbocycles. The fourth-order valence-corrected chi connectivity index (χ4v) is 18.5. The molecule has 0 bridgehead atoms. The van der Waals surface area contributed by atoms with Crippen molar-refractivity contribution in [3.63, 3.8) is 0 Å². The Kier molecular flexibility index (Phi) is 20.9. The number of aromatic nitrogens is 4. The van der Waals surface area contributed by atoms with Crippen molar-refractivity contribution in [3.8, 4) is 41.8 Å². The molecule has 0 saturated heterocycles. The molecule has 0 aliphatic rings. The molecule has 0 radical (unpaired) electrons. The van der Waals surface area contributed by atoms with Crippen molar-refractivity contribution in [1.29, 1.82) is 0 Å². The van der Waals surface area contributed by atoms with Gasteiger partial charge in [-0.25, -0.2) is 19.9 Å². The molecule has 444 valence electrons. The Hall–Kier alpha value is -5.72. The molecule has 12 aromatic heterocycles. The highest BCUT2D eigenvalue weighted by Crippen LogP contribution is 2.48. The van der Waals surface area contributed by atoms with Crippen LogP contribution in [0, 0.1) is 55.4 Å². The molecule has 0 spiro atoms. The predicted molar refractivity (Wildman–Crippen MR) is 372 cm³/mol. The number of thiophene rings is 8. The molecule has 24 heteroatoms. The smallest absolute Gasteiger partial charge is 0.262 e. The standard InChI is InChI=1S/2C16H15ClN2OS2.2C15H13ClN2OS2/c2*1-4-18-15(20)14-12(10-6-5-7-21-10)11-8(2)13(17)9(3)19-16(11)22-14;2*1-7-10-11(9-5-4-6-20-9)13(14(19)17-3)21-15(10)18-8(2)12(7)16/h2*5-7H,4H2,1-3H3,(H,18,20);2*4-6H,1-3H3,(H,17,19). The topological polar surface area (TPSA) is 168 Å². The number of rotatable bonds is 10. The van der Waals surface area contributed by atoms with E-state index >= 15 is 0 Å². The van der Waals surface area contributed by atoms with Crippen molar-refractivity contribution >= 4 is 202 Å². The monoisotopic (exact) mass is 1370 g/mol. The molecule has 4 amide bonds. The lowest BCUT2D eigenvalue weighted by molar-refractivity contribution is 0.0952. The molecule has 0 saturated carbocycles. The maximum atomic E-state index is 12.5. The summed E-state index contributed by atoms with van der Waals surface area (Å²) < 4.78 is 0. The summed E-state index contributed by atoms with van der Waals surface area (Å²) in [4.78, 5) is 78.1. The average molecular weight is 1380 g/mol. The van der Waals surface area contributed by atoms with Crippen LogP contribution in [0.1, 0.15) is 97.6 Å². The molecule has 12 rings (SSSR count). The van der Waals surface area contributed by atoms with Gasteiger partial charge >= 0.3 is 0 Å². The van der Waals surface area contributed by atoms with Gasteiger partial charge in [-0.3, -0.25) is 19.2 Å². The molecule has 12 heterocycles. The molecule has 0 unspecified atom stereocenters. The van der Waals surface area contributed by atoms with Gasteiger partial charge in [-0.05, 0) is 137 Å². The van der Waals surface area contributed by atoms with Crippen LogP contribution in [0.2, 0.25) is 20.1 Å². The number of carbonyl (C=O) groups excluding carboxylic acids is 4. The third kappa shape index (κ3) is 12.6. The fraction of sp³-hybridized carbons (Fsp3) is 0.226. The van der Waals surface area contributed by atoms with Crippen molar-refractivity contribution in [1.82, 2.24) is 41.2 Å². The van der Waals surface area contributed by atoms with E-state index in [0.717, 1.165) is 128 Å². The van der Waals surface area contributed by atoms with E-state index in [1.54, 1.807) is 59.4 Å². The van der Waals surface area contributed by atoms with Gasteiger partial charge in [0.1, 0.15) is 38.8 Å². The van der Waals surface area contributed by atoms with Crippen molar-refractivity contribution in [2.75, 3.05) is 27.2 Å². The average Bonchev–Trinajstić information content (AvgIpc) is 1.87. The van der Waals surface area contributed by atoms with Crippen LogP contribution in [0.4, 0.5) is 0 Å². The van der Waals surface area contributed by atoms with Gasteiger partial charge in [-0.1, -0.05) is 70.7 Å². The zero-order valence-electron chi connectivity index (χ0n) is 48.5. The highest BCUT2D eigenvalue weighted by atomic mass is 35.5. The molecule has 86 heavy (non-hydrogen) atoms. The number of fused-ring (bicyclic) bond motifs is 4. The van der Waals surface area contributed by atoms with E-state index in [1.807, 2.05) is 139 Å². The van der Waals surface area contributed by atoms with Crippen molar-refractivity contribution < 1.29 is 19.2 Å². The number of nitrogens with one attached hydrogen (secondary N) is 4. The Balaban J connectivity index is 0.000000137. The minimum atomic E-state index is -0.0884. The number of halogens is 4. The van der Waals surface area contributed by atoms with Gasteiger partial charge in [-0.2, -0.15) is 0 Å². The Morgan fingerprint density at radius 1 is 0.384 bits per heavy atom. The van der Waals surface area contributed by atoms with Crippen molar-refractivity contribution in [3.05, 3.63) is 155 Å². The summed E-state index contributed by atoms with van der Waals surface area (Å²) in [5.74, 6) is -0.284. The summed E-state index contributed by atoms with van der Waals surface area (Å²) in [6.07, 6.45) is 0. The molecule has 4 N–H and O–H groups in total. The molecule has 0 fully saturated rings. The zero-order valence-corrected chi connectivity index (χ0v) is 58.1. The summed E-state index contributed by atoms with van der Waals surface area (Å²) in [5.41, 5.74) is 10.9. The second kappa shape index (κ2) is 27.8. The second-order valence-corrected chi connectivity index (χ2v) is 28.6. The summed E-state index contributed by atoms with van der Waals surface area (Å²) in [7, 11) is 3.28. The second-order valence-electron chi connectivity index (χ2n) is 19.3. The minimum absolute atomic E-state index is 0.0536. The highest BCUT2D eigenvalue weighted by Gasteiger charge is 2.28. The van der Waals surface area contributed by atoms with E-state index in [2.05, 4.69) is 41.2 Å². The Morgan fingerprint density at radius 3 is 0.791 bits per heavy atom. The summed E-state index contributed by atoms with van der Waals surface area (Å²) in [6, 6.07) is 16.0. The number of carbonyl (C=O) groups is 4. The van der Waals surface area contributed by atoms with E-state index in [0.29, 0.717) is 52.7 Å². The molecule has 12 nitrogen and oxygen atoms in total. The van der Waals surface area contributed by atoms with E-state index in [4.69, 9.17) is 46.4 Å². The maximum Gasteiger partial charge on any atom is 0.262 e. The zero-order chi connectivity index (χ0) is 62.0. The number of aryl methyl sites for hydroxylation is 8. The highest BCUT2D eigenvalue weighted by molar-refractivity contribution is 7.24. The number of hydrogen-bond acceptors (Lipinski definition) is 16. The van der Waals surface area contributed by atoms with Crippen LogP contribution in [0.3, 0.4) is 0 Å². The lowest BCUT2D eigenvalue weighted by Gasteiger charge is -2.06. The third-order valence-corrected chi connectivity index (χ3v) is 23.9. The number of nitrogens with zero attached hydrogens (tertiary/aromatic N) is 4. The molecule has 0 aliphatic carbocycles. The maximum absolute atomic E-state index is 12.5. The Bertz CT molecular complexity index is 4240. The first kappa shape index (κ1) is 64.7. The largest absolute Gasteiger partial charge is 0.354 e. The predicted octanol–water partition coefficient (Wildman–Crippen LogP) is 19.4. The first-order valence-corrected chi connectivity index (χ1v) is 35.0. The van der Waals surface area contributed by atoms with Crippen LogP contribution in [0.25, 0.3) is 82.6 Å². The van der Waals surface area contributed by atoms with Crippen LogP contribution in [-0.4, -0.2) is 70.7 Å². The van der Waals surface area contributed by atoms with Gasteiger partial charge in [0.05, 0.1) is 42.9 Å². The van der Waals surface area contributed by atoms with Gasteiger partial charge in [0, 0.05) is 90.5 Å². The van der Waals surface area contributed by atoms with Gasteiger partial charge in [-0.15, -0.1) is 90.7 Å². The fourth-order valence-electron chi connectivity index (χ4n) is 9.69. The van der Waals surface area contributed by atoms with Crippen LogP contribution in [-0.2, 0) is 0 Å². The molecule has 0 aliphatic heterocycles. The van der Waals surface area contributed by atoms with Crippen molar-refractivity contribution in [2.24, 2.45) is 0 Å². The molecular formula is C62H56Cl4N8O4S8. The number of amides is 4. The first-order valence-electron chi connectivity index (χ1n) is 26.7. The van der Waals surface area contributed by atoms with Gasteiger partial charge < -0.3 is 21.3 Å². The molecular weight excluding hydrogens is 1320 g/mol. The van der Waals surface area contributed by atoms with Crippen LogP contribution >= 0.6 is 137 Å². The van der Waals surface area contributed by atoms with E-state index in [1.165, 1.54) is 45.3 Å². The Labute approximate surface area is 549 Å². The summed E-state index contributed by atoms with van der Waals surface area (Å²) in [6.45, 7) is 20.5. The van der Waals surface area contributed by atoms with Gasteiger partial charge in [0.25, 0.3) is 23.6 Å².